The van der Waals surface area contributed by atoms with Gasteiger partial charge in [0.25, 0.3) is 0 Å². The summed E-state index contributed by atoms with van der Waals surface area (Å²) >= 11 is 0. The Morgan fingerprint density at radius 2 is 2.08 bits per heavy atom. The van der Waals surface area contributed by atoms with E-state index in [-0.39, 0.29) is 12.5 Å². The number of aliphatic hydroxyl groups is 1. The minimum Gasteiger partial charge on any atom is -0.493 e. The highest BCUT2D eigenvalue weighted by Crippen LogP contribution is 2.28. The van der Waals surface area contributed by atoms with Crippen LogP contribution < -0.4 is 9.47 Å². The molecule has 6 nitrogen and oxygen atoms in total. The summed E-state index contributed by atoms with van der Waals surface area (Å²) < 4.78 is 11.1. The third-order valence-electron chi connectivity index (χ3n) is 4.48. The Hall–Kier alpha value is -2.05. The van der Waals surface area contributed by atoms with Crippen LogP contribution in [0.15, 0.2) is 24.3 Å². The number of rotatable bonds is 7. The van der Waals surface area contributed by atoms with Crippen molar-refractivity contribution < 1.29 is 19.4 Å². The smallest absolute Gasteiger partial charge is 0.219 e. The van der Waals surface area contributed by atoms with Gasteiger partial charge in [0.2, 0.25) is 5.91 Å². The first-order valence-electron chi connectivity index (χ1n) is 9.13. The molecular formula is C20H30N2O4. The van der Waals surface area contributed by atoms with Gasteiger partial charge in [-0.05, 0) is 37.6 Å². The number of carbonyl (C=O) groups is 1. The van der Waals surface area contributed by atoms with E-state index >= 15 is 0 Å². The summed E-state index contributed by atoms with van der Waals surface area (Å²) in [6.45, 7) is 7.45. The average molecular weight is 362 g/mol. The lowest BCUT2D eigenvalue weighted by atomic mass is 10.2. The summed E-state index contributed by atoms with van der Waals surface area (Å²) in [6.07, 6.45) is 4.28. The van der Waals surface area contributed by atoms with Gasteiger partial charge in [0.05, 0.1) is 7.11 Å². The number of ether oxygens (including phenoxy) is 2. The van der Waals surface area contributed by atoms with E-state index in [0.717, 1.165) is 31.6 Å². The van der Waals surface area contributed by atoms with Crippen LogP contribution in [0.5, 0.6) is 11.5 Å². The highest BCUT2D eigenvalue weighted by atomic mass is 16.5. The van der Waals surface area contributed by atoms with Gasteiger partial charge in [-0.25, -0.2) is 0 Å². The van der Waals surface area contributed by atoms with Gasteiger partial charge in [-0.1, -0.05) is 18.2 Å². The minimum atomic E-state index is -0.598. The number of nitrogens with zero attached hydrogens (tertiary/aromatic N) is 2. The summed E-state index contributed by atoms with van der Waals surface area (Å²) in [5.41, 5.74) is 1.04. The fourth-order valence-electron chi connectivity index (χ4n) is 3.10. The second kappa shape index (κ2) is 10.2. The van der Waals surface area contributed by atoms with Crippen molar-refractivity contribution in [3.05, 3.63) is 29.8 Å². The van der Waals surface area contributed by atoms with Gasteiger partial charge in [-0.3, -0.25) is 9.69 Å². The first kappa shape index (κ1) is 20.3. The molecule has 6 heteroatoms. The van der Waals surface area contributed by atoms with Gasteiger partial charge in [0, 0.05) is 33.1 Å². The number of amides is 1. The van der Waals surface area contributed by atoms with Crippen molar-refractivity contribution in [1.82, 2.24) is 9.80 Å². The second-order valence-electron chi connectivity index (χ2n) is 6.54. The fourth-order valence-corrected chi connectivity index (χ4v) is 3.10. The summed E-state index contributed by atoms with van der Waals surface area (Å²) in [5, 5.41) is 10.3. The maximum Gasteiger partial charge on any atom is 0.219 e. The largest absolute Gasteiger partial charge is 0.493 e. The van der Waals surface area contributed by atoms with Crippen LogP contribution in [0.2, 0.25) is 0 Å². The molecule has 1 heterocycles. The molecule has 0 aliphatic carbocycles. The highest BCUT2D eigenvalue weighted by Gasteiger charge is 2.19. The monoisotopic (exact) mass is 362 g/mol. The van der Waals surface area contributed by atoms with E-state index in [4.69, 9.17) is 9.47 Å². The maximum absolute atomic E-state index is 11.5. The van der Waals surface area contributed by atoms with Gasteiger partial charge in [0.1, 0.15) is 12.7 Å². The topological polar surface area (TPSA) is 62.2 Å². The molecule has 0 bridgehead atoms. The molecule has 1 unspecified atom stereocenters. The summed E-state index contributed by atoms with van der Waals surface area (Å²) in [5.74, 6) is 1.39. The maximum atomic E-state index is 11.5. The van der Waals surface area contributed by atoms with Gasteiger partial charge >= 0.3 is 0 Å². The Labute approximate surface area is 156 Å². The van der Waals surface area contributed by atoms with Crippen molar-refractivity contribution in [2.45, 2.75) is 26.4 Å². The molecule has 0 saturated carbocycles. The molecule has 0 aromatic heterocycles. The SMILES string of the molecule is C/C=C/c1ccc(OCC(O)CN2CCCN(C(C)=O)CC2)c(OC)c1. The van der Waals surface area contributed by atoms with Gasteiger partial charge in [-0.15, -0.1) is 0 Å². The number of allylic oxidation sites excluding steroid dienone is 1. The van der Waals surface area contributed by atoms with E-state index in [0.29, 0.717) is 24.6 Å². The molecule has 1 N–H and O–H groups in total. The van der Waals surface area contributed by atoms with Crippen LogP contribution in [0.4, 0.5) is 0 Å². The van der Waals surface area contributed by atoms with Crippen LogP contribution in [0.25, 0.3) is 6.08 Å². The number of hydrogen-bond donors (Lipinski definition) is 1. The fraction of sp³-hybridized carbons (Fsp3) is 0.550. The minimum absolute atomic E-state index is 0.115. The van der Waals surface area contributed by atoms with Crippen LogP contribution in [-0.2, 0) is 4.79 Å². The second-order valence-corrected chi connectivity index (χ2v) is 6.54. The van der Waals surface area contributed by atoms with Gasteiger partial charge in [-0.2, -0.15) is 0 Å². The predicted molar refractivity (Wildman–Crippen MR) is 103 cm³/mol. The molecule has 1 aliphatic rings. The summed E-state index contributed by atoms with van der Waals surface area (Å²) in [7, 11) is 1.61. The van der Waals surface area contributed by atoms with Crippen molar-refractivity contribution in [2.24, 2.45) is 0 Å². The molecular weight excluding hydrogens is 332 g/mol. The first-order valence-corrected chi connectivity index (χ1v) is 9.13. The van der Waals surface area contributed by atoms with E-state index < -0.39 is 6.10 Å². The molecule has 1 saturated heterocycles. The molecule has 26 heavy (non-hydrogen) atoms. The predicted octanol–water partition coefficient (Wildman–Crippen LogP) is 2.02. The van der Waals surface area contributed by atoms with Crippen LogP contribution >= 0.6 is 0 Å². The Kier molecular flexibility index (Phi) is 7.94. The van der Waals surface area contributed by atoms with Crippen molar-refractivity contribution in [3.8, 4) is 11.5 Å². The average Bonchev–Trinajstić information content (AvgIpc) is 2.86. The molecule has 0 radical (unpaired) electrons. The normalized spacial score (nSPS) is 17.2. The number of aliphatic hydroxyl groups excluding tert-OH is 1. The van der Waals surface area contributed by atoms with Crippen LogP contribution in [0.3, 0.4) is 0 Å². The van der Waals surface area contributed by atoms with Crippen molar-refractivity contribution in [2.75, 3.05) is 46.4 Å². The Morgan fingerprint density at radius 1 is 1.27 bits per heavy atom. The summed E-state index contributed by atoms with van der Waals surface area (Å²) in [6, 6.07) is 5.72. The zero-order valence-corrected chi connectivity index (χ0v) is 16.0. The first-order chi connectivity index (χ1) is 12.5. The lowest BCUT2D eigenvalue weighted by molar-refractivity contribution is -0.128. The third-order valence-corrected chi connectivity index (χ3v) is 4.48. The van der Waals surface area contributed by atoms with Crippen LogP contribution in [-0.4, -0.2) is 73.4 Å². The van der Waals surface area contributed by atoms with E-state index in [2.05, 4.69) is 4.90 Å². The zero-order valence-electron chi connectivity index (χ0n) is 16.0. The Morgan fingerprint density at radius 3 is 2.77 bits per heavy atom. The van der Waals surface area contributed by atoms with Crippen molar-refractivity contribution in [3.63, 3.8) is 0 Å². The quantitative estimate of drug-likeness (QED) is 0.804. The van der Waals surface area contributed by atoms with E-state index in [1.807, 2.05) is 42.2 Å². The van der Waals surface area contributed by atoms with Crippen LogP contribution in [0, 0.1) is 0 Å². The molecule has 2 rings (SSSR count). The van der Waals surface area contributed by atoms with E-state index in [1.54, 1.807) is 14.0 Å². The number of hydrogen-bond acceptors (Lipinski definition) is 5. The van der Waals surface area contributed by atoms with E-state index in [1.165, 1.54) is 0 Å². The third kappa shape index (κ3) is 6.04. The molecule has 1 aromatic rings. The number of methoxy groups -OCH3 is 1. The van der Waals surface area contributed by atoms with Crippen LogP contribution in [0.1, 0.15) is 25.8 Å². The summed E-state index contributed by atoms with van der Waals surface area (Å²) in [4.78, 5) is 15.5. The molecule has 1 fully saturated rings. The molecule has 1 atom stereocenters. The zero-order chi connectivity index (χ0) is 18.9. The number of β-amino-alcohol motifs (C(OH)–C–C–N with tert-alkyl or cyclic N) is 1. The number of carbonyl (C=O) groups excluding carboxylic acids is 1. The molecule has 1 aromatic carbocycles. The van der Waals surface area contributed by atoms with Gasteiger partial charge in [0.15, 0.2) is 11.5 Å². The molecule has 144 valence electrons. The Bertz CT molecular complexity index is 618. The lowest BCUT2D eigenvalue weighted by Crippen LogP contribution is -2.38. The van der Waals surface area contributed by atoms with Gasteiger partial charge < -0.3 is 19.5 Å². The van der Waals surface area contributed by atoms with Crippen molar-refractivity contribution >= 4 is 12.0 Å². The van der Waals surface area contributed by atoms with E-state index in [9.17, 15) is 9.90 Å². The standard InChI is InChI=1S/C20H30N2O4/c1-4-6-17-7-8-19(20(13-17)25-3)26-15-18(24)14-21-9-5-10-22(12-11-21)16(2)23/h4,6-8,13,18,24H,5,9-12,14-15H2,1-3H3/b6-4+. The number of benzene rings is 1. The Balaban J connectivity index is 1.85. The van der Waals surface area contributed by atoms with Crippen molar-refractivity contribution in [1.29, 1.82) is 0 Å². The molecule has 1 aliphatic heterocycles. The molecule has 0 spiro atoms. The highest BCUT2D eigenvalue weighted by molar-refractivity contribution is 5.73. The lowest BCUT2D eigenvalue weighted by Gasteiger charge is -2.24. The molecule has 1 amide bonds.